The van der Waals surface area contributed by atoms with Crippen molar-refractivity contribution in [2.24, 2.45) is 5.10 Å². The van der Waals surface area contributed by atoms with Gasteiger partial charge < -0.3 is 0 Å². The zero-order valence-corrected chi connectivity index (χ0v) is 17.2. The molecule has 3 rings (SSSR count). The Labute approximate surface area is 177 Å². The summed E-state index contributed by atoms with van der Waals surface area (Å²) in [6, 6.07) is 15.0. The third kappa shape index (κ3) is 5.95. The summed E-state index contributed by atoms with van der Waals surface area (Å²) in [5.41, 5.74) is 6.49. The number of hydrazone groups is 1. The number of thioether (sulfide) groups is 1. The number of amides is 1. The number of nitrogens with one attached hydrogen (secondary N) is 1. The summed E-state index contributed by atoms with van der Waals surface area (Å²) >= 11 is 1.54. The molecular weight excluding hydrogens is 402 g/mol. The molecule has 0 aliphatic rings. The van der Waals surface area contributed by atoms with Crippen molar-refractivity contribution in [2.45, 2.75) is 24.8 Å². The van der Waals surface area contributed by atoms with Crippen molar-refractivity contribution in [3.63, 3.8) is 0 Å². The molecular formula is C21H19N5O3S. The van der Waals surface area contributed by atoms with Crippen LogP contribution in [0, 0.1) is 24.0 Å². The Morgan fingerprint density at radius 3 is 2.33 bits per heavy atom. The highest BCUT2D eigenvalue weighted by molar-refractivity contribution is 7.98. The third-order valence-corrected chi connectivity index (χ3v) is 4.95. The minimum atomic E-state index is -0.472. The van der Waals surface area contributed by atoms with Crippen LogP contribution in [0.2, 0.25) is 0 Å². The summed E-state index contributed by atoms with van der Waals surface area (Å²) in [5.74, 6) is 0.355. The lowest BCUT2D eigenvalue weighted by molar-refractivity contribution is -0.384. The van der Waals surface area contributed by atoms with Crippen LogP contribution in [0.25, 0.3) is 0 Å². The second-order valence-electron chi connectivity index (χ2n) is 6.47. The third-order valence-electron chi connectivity index (χ3n) is 4.03. The fourth-order valence-corrected chi connectivity index (χ4v) is 3.48. The number of rotatable bonds is 7. The maximum absolute atomic E-state index is 12.2. The fourth-order valence-electron chi connectivity index (χ4n) is 2.57. The van der Waals surface area contributed by atoms with Crippen LogP contribution in [0.5, 0.6) is 0 Å². The Hall–Kier alpha value is -3.59. The van der Waals surface area contributed by atoms with Crippen molar-refractivity contribution < 1.29 is 9.72 Å². The van der Waals surface area contributed by atoms with Gasteiger partial charge in [0, 0.05) is 34.8 Å². The summed E-state index contributed by atoms with van der Waals surface area (Å²) in [4.78, 5) is 31.2. The van der Waals surface area contributed by atoms with E-state index in [9.17, 15) is 14.9 Å². The smallest absolute Gasteiger partial charge is 0.267 e. The Kier molecular flexibility index (Phi) is 6.87. The van der Waals surface area contributed by atoms with Gasteiger partial charge >= 0.3 is 0 Å². The number of nitrogens with zero attached hydrogens (tertiary/aromatic N) is 4. The van der Waals surface area contributed by atoms with Crippen LogP contribution < -0.4 is 5.43 Å². The number of nitro benzene ring substituents is 1. The minimum Gasteiger partial charge on any atom is -0.267 e. The number of non-ortho nitro benzene ring substituents is 1. The molecule has 152 valence electrons. The van der Waals surface area contributed by atoms with Crippen molar-refractivity contribution >= 4 is 29.6 Å². The zero-order valence-electron chi connectivity index (χ0n) is 16.4. The molecule has 1 heterocycles. The molecule has 0 aliphatic heterocycles. The van der Waals surface area contributed by atoms with Crippen molar-refractivity contribution in [1.82, 2.24) is 15.4 Å². The molecule has 1 N–H and O–H groups in total. The molecule has 1 aromatic heterocycles. The summed E-state index contributed by atoms with van der Waals surface area (Å²) < 4.78 is 0. The lowest BCUT2D eigenvalue weighted by atomic mass is 10.1. The number of hydrogen-bond acceptors (Lipinski definition) is 7. The molecule has 1 amide bonds. The van der Waals surface area contributed by atoms with Crippen molar-refractivity contribution in [3.05, 3.63) is 92.8 Å². The first-order valence-corrected chi connectivity index (χ1v) is 10.0. The number of benzene rings is 2. The highest BCUT2D eigenvalue weighted by Gasteiger charge is 2.06. The molecule has 8 nitrogen and oxygen atoms in total. The lowest BCUT2D eigenvalue weighted by Crippen LogP contribution is -2.17. The molecule has 9 heteroatoms. The van der Waals surface area contributed by atoms with Crippen LogP contribution in [0.15, 0.2) is 64.9 Å². The number of aryl methyl sites for hydroxylation is 2. The van der Waals surface area contributed by atoms with E-state index in [1.807, 2.05) is 32.0 Å². The highest BCUT2D eigenvalue weighted by atomic mass is 32.2. The maximum Gasteiger partial charge on any atom is 0.271 e. The predicted molar refractivity (Wildman–Crippen MR) is 116 cm³/mol. The quantitative estimate of drug-likeness (QED) is 0.202. The topological polar surface area (TPSA) is 110 Å². The zero-order chi connectivity index (χ0) is 21.5. The van der Waals surface area contributed by atoms with Crippen LogP contribution >= 0.6 is 11.8 Å². The number of carbonyl (C=O) groups excluding carboxylic acids is 1. The van der Waals surface area contributed by atoms with Gasteiger partial charge in [0.1, 0.15) is 0 Å². The van der Waals surface area contributed by atoms with Gasteiger partial charge in [-0.15, -0.1) is 0 Å². The normalized spacial score (nSPS) is 10.9. The molecule has 0 fully saturated rings. The van der Waals surface area contributed by atoms with E-state index in [2.05, 4.69) is 20.5 Å². The van der Waals surface area contributed by atoms with E-state index in [-0.39, 0.29) is 11.6 Å². The van der Waals surface area contributed by atoms with Crippen molar-refractivity contribution in [2.75, 3.05) is 0 Å². The van der Waals surface area contributed by atoms with Gasteiger partial charge in [-0.25, -0.2) is 15.4 Å². The molecule has 3 aromatic rings. The van der Waals surface area contributed by atoms with Gasteiger partial charge in [-0.05, 0) is 55.3 Å². The minimum absolute atomic E-state index is 0.00136. The van der Waals surface area contributed by atoms with Gasteiger partial charge in [0.25, 0.3) is 11.6 Å². The van der Waals surface area contributed by atoms with Crippen molar-refractivity contribution in [3.8, 4) is 0 Å². The predicted octanol–water partition coefficient (Wildman–Crippen LogP) is 4.06. The molecule has 0 unspecified atom stereocenters. The van der Waals surface area contributed by atoms with Crippen LogP contribution in [0.3, 0.4) is 0 Å². The molecule has 0 saturated heterocycles. The van der Waals surface area contributed by atoms with Crippen LogP contribution in [0.4, 0.5) is 5.69 Å². The van der Waals surface area contributed by atoms with Gasteiger partial charge in [0.05, 0.1) is 11.1 Å². The summed E-state index contributed by atoms with van der Waals surface area (Å²) in [6.07, 6.45) is 1.43. The van der Waals surface area contributed by atoms with Crippen LogP contribution in [-0.2, 0) is 5.75 Å². The van der Waals surface area contributed by atoms with E-state index in [1.54, 1.807) is 36.0 Å². The monoisotopic (exact) mass is 421 g/mol. The molecule has 2 aromatic carbocycles. The van der Waals surface area contributed by atoms with E-state index >= 15 is 0 Å². The highest BCUT2D eigenvalue weighted by Crippen LogP contribution is 2.20. The van der Waals surface area contributed by atoms with E-state index < -0.39 is 4.92 Å². The largest absolute Gasteiger partial charge is 0.271 e. The average molecular weight is 421 g/mol. The number of nitro groups is 1. The summed E-state index contributed by atoms with van der Waals surface area (Å²) in [5, 5.41) is 15.3. The first-order chi connectivity index (χ1) is 14.4. The maximum atomic E-state index is 12.2. The SMILES string of the molecule is Cc1cc(C)nc(SCc2ccc(C(=O)N/N=C\c3ccc([N+](=O)[O-])cc3)cc2)n1. The first-order valence-electron chi connectivity index (χ1n) is 9.02. The van der Waals surface area contributed by atoms with Crippen LogP contribution in [-0.4, -0.2) is 27.0 Å². The van der Waals surface area contributed by atoms with E-state index in [0.717, 1.165) is 22.1 Å². The Morgan fingerprint density at radius 1 is 1.10 bits per heavy atom. The Morgan fingerprint density at radius 2 is 1.73 bits per heavy atom. The molecule has 0 aliphatic carbocycles. The van der Waals surface area contributed by atoms with E-state index in [1.165, 1.54) is 18.3 Å². The first kappa shape index (κ1) is 21.1. The Balaban J connectivity index is 1.53. The van der Waals surface area contributed by atoms with Crippen LogP contribution in [0.1, 0.15) is 32.9 Å². The standard InChI is InChI=1S/C21H19N5O3S/c1-14-11-15(2)24-21(23-14)30-13-17-3-7-18(8-4-17)20(27)25-22-12-16-5-9-19(10-6-16)26(28)29/h3-12H,13H2,1-2H3,(H,25,27)/b22-12-. The fraction of sp³-hybridized carbons (Fsp3) is 0.143. The van der Waals surface area contributed by atoms with E-state index in [0.29, 0.717) is 16.9 Å². The molecule has 0 atom stereocenters. The second kappa shape index (κ2) is 9.75. The van der Waals surface area contributed by atoms with Gasteiger partial charge in [-0.2, -0.15) is 5.10 Å². The molecule has 0 saturated carbocycles. The van der Waals surface area contributed by atoms with Gasteiger partial charge in [0.15, 0.2) is 5.16 Å². The average Bonchev–Trinajstić information content (AvgIpc) is 2.72. The lowest BCUT2D eigenvalue weighted by Gasteiger charge is -2.05. The summed E-state index contributed by atoms with van der Waals surface area (Å²) in [6.45, 7) is 3.88. The number of aromatic nitrogens is 2. The molecule has 0 radical (unpaired) electrons. The van der Waals surface area contributed by atoms with Gasteiger partial charge in [0.2, 0.25) is 0 Å². The van der Waals surface area contributed by atoms with E-state index in [4.69, 9.17) is 0 Å². The molecule has 0 bridgehead atoms. The van der Waals surface area contributed by atoms with Crippen molar-refractivity contribution in [1.29, 1.82) is 0 Å². The molecule has 30 heavy (non-hydrogen) atoms. The second-order valence-corrected chi connectivity index (χ2v) is 7.41. The number of carbonyl (C=O) groups is 1. The summed E-state index contributed by atoms with van der Waals surface area (Å²) in [7, 11) is 0. The Bertz CT molecular complexity index is 1060. The number of hydrogen-bond donors (Lipinski definition) is 1. The van der Waals surface area contributed by atoms with Gasteiger partial charge in [-0.3, -0.25) is 14.9 Å². The molecule has 0 spiro atoms. The van der Waals surface area contributed by atoms with Gasteiger partial charge in [-0.1, -0.05) is 23.9 Å².